The fraction of sp³-hybridized carbons (Fsp3) is 0.257. The smallest absolute Gasteiger partial charge is 0.155 e. The molecule has 6 rings (SSSR count). The van der Waals surface area contributed by atoms with E-state index in [-0.39, 0.29) is 42.5 Å². The largest absolute Gasteiger partial charge is 0.512 e. The average Bonchev–Trinajstić information content (AvgIpc) is 3.36. The van der Waals surface area contributed by atoms with Crippen LogP contribution in [-0.4, -0.2) is 15.9 Å². The molecule has 4 nitrogen and oxygen atoms in total. The van der Waals surface area contributed by atoms with E-state index in [2.05, 4.69) is 95.3 Å². The summed E-state index contributed by atoms with van der Waals surface area (Å²) in [6.45, 7) is 14.2. The zero-order valence-corrected chi connectivity index (χ0v) is 26.4. The molecule has 1 N–H and O–H groups in total. The molecule has 1 radical (unpaired) electrons. The van der Waals surface area contributed by atoms with Crippen LogP contribution in [0.15, 0.2) is 83.0 Å². The molecule has 207 valence electrons. The monoisotopic (exact) mass is 709 g/mol. The van der Waals surface area contributed by atoms with Crippen molar-refractivity contribution in [2.24, 2.45) is 0 Å². The van der Waals surface area contributed by atoms with Gasteiger partial charge in [0.05, 0.1) is 11.3 Å². The van der Waals surface area contributed by atoms with Gasteiger partial charge in [0.2, 0.25) is 0 Å². The molecular formula is C35H34IrNO3-. The number of allylic oxidation sites excluding steroid dienone is 2. The maximum atomic E-state index is 10.0. The number of carbonyl (C=O) groups excluding carboxylic acids is 1. The summed E-state index contributed by atoms with van der Waals surface area (Å²) in [5.41, 5.74) is 8.80. The Labute approximate surface area is 249 Å². The van der Waals surface area contributed by atoms with Crippen LogP contribution in [0.1, 0.15) is 65.2 Å². The van der Waals surface area contributed by atoms with Crippen LogP contribution < -0.4 is 0 Å². The van der Waals surface area contributed by atoms with Crippen LogP contribution in [0.25, 0.3) is 44.5 Å². The molecule has 0 saturated carbocycles. The predicted octanol–water partition coefficient (Wildman–Crippen LogP) is 9.09. The number of aromatic nitrogens is 1. The van der Waals surface area contributed by atoms with Gasteiger partial charge in [-0.25, -0.2) is 0 Å². The number of nitrogens with zero attached hydrogens (tertiary/aromatic N) is 1. The van der Waals surface area contributed by atoms with Crippen molar-refractivity contribution in [3.63, 3.8) is 0 Å². The van der Waals surface area contributed by atoms with E-state index in [1.807, 2.05) is 12.1 Å². The number of furan rings is 1. The fourth-order valence-corrected chi connectivity index (χ4v) is 5.74. The summed E-state index contributed by atoms with van der Waals surface area (Å²) >= 11 is 0. The Balaban J connectivity index is 0.000000413. The third kappa shape index (κ3) is 5.16. The van der Waals surface area contributed by atoms with Crippen LogP contribution in [0.3, 0.4) is 0 Å². The van der Waals surface area contributed by atoms with Crippen molar-refractivity contribution in [2.45, 2.75) is 59.3 Å². The van der Waals surface area contributed by atoms with Gasteiger partial charge in [-0.05, 0) is 48.1 Å². The molecule has 40 heavy (non-hydrogen) atoms. The first kappa shape index (κ1) is 29.5. The van der Waals surface area contributed by atoms with Crippen molar-refractivity contribution >= 4 is 27.7 Å². The minimum atomic E-state index is -0.209. The van der Waals surface area contributed by atoms with Crippen molar-refractivity contribution in [2.75, 3.05) is 0 Å². The van der Waals surface area contributed by atoms with E-state index >= 15 is 0 Å². The van der Waals surface area contributed by atoms with Crippen LogP contribution in [0.4, 0.5) is 0 Å². The van der Waals surface area contributed by atoms with E-state index in [1.54, 1.807) is 0 Å². The Hall–Kier alpha value is -3.53. The molecule has 0 unspecified atom stereocenters. The van der Waals surface area contributed by atoms with Crippen molar-refractivity contribution in [3.05, 3.63) is 101 Å². The van der Waals surface area contributed by atoms with Gasteiger partial charge in [-0.15, -0.1) is 29.3 Å². The Morgan fingerprint density at radius 2 is 1.62 bits per heavy atom. The second-order valence-electron chi connectivity index (χ2n) is 11.8. The second-order valence-corrected chi connectivity index (χ2v) is 11.8. The standard InChI is InChI=1S/C30H26NO.C5H8O2.Ir/c1-29(2,3)22-17-24(31-23-15-8-6-11-18(22)23)19-13-10-14-21-26(19)30(4,5)27-20-12-7-9-16-25(20)32-28(21)27;1-4(6)3-5(2)7;/h6-12,14-17H,1-5H3;3,6H,1-2H3;/q-1;;/b;4-3-;. The van der Waals surface area contributed by atoms with Gasteiger partial charge in [-0.2, -0.15) is 0 Å². The Morgan fingerprint density at radius 3 is 2.25 bits per heavy atom. The van der Waals surface area contributed by atoms with Crippen molar-refractivity contribution < 1.29 is 34.4 Å². The number of aliphatic hydroxyl groups excluding tert-OH is 1. The minimum Gasteiger partial charge on any atom is -0.512 e. The number of pyridine rings is 1. The van der Waals surface area contributed by atoms with E-state index in [1.165, 1.54) is 47.4 Å². The number of hydrogen-bond acceptors (Lipinski definition) is 4. The van der Waals surface area contributed by atoms with Gasteiger partial charge < -0.3 is 9.52 Å². The van der Waals surface area contributed by atoms with Crippen molar-refractivity contribution in [1.82, 2.24) is 4.98 Å². The summed E-state index contributed by atoms with van der Waals surface area (Å²) in [7, 11) is 0. The van der Waals surface area contributed by atoms with E-state index < -0.39 is 0 Å². The molecule has 5 aromatic rings. The number of carbonyl (C=O) groups is 1. The fourth-order valence-electron chi connectivity index (χ4n) is 5.74. The number of benzene rings is 3. The average molecular weight is 709 g/mol. The summed E-state index contributed by atoms with van der Waals surface area (Å²) in [6, 6.07) is 26.8. The molecule has 2 aromatic heterocycles. The number of ketones is 1. The summed E-state index contributed by atoms with van der Waals surface area (Å²) in [5.74, 6) is 0.922. The summed E-state index contributed by atoms with van der Waals surface area (Å²) in [6.07, 6.45) is 1.17. The van der Waals surface area contributed by atoms with Crippen LogP contribution >= 0.6 is 0 Å². The molecule has 0 amide bonds. The van der Waals surface area contributed by atoms with Crippen LogP contribution in [0.2, 0.25) is 0 Å². The topological polar surface area (TPSA) is 63.3 Å². The van der Waals surface area contributed by atoms with E-state index in [4.69, 9.17) is 14.5 Å². The third-order valence-corrected chi connectivity index (χ3v) is 7.28. The van der Waals surface area contributed by atoms with Crippen LogP contribution in [0, 0.1) is 6.07 Å². The van der Waals surface area contributed by atoms with Gasteiger partial charge in [-0.3, -0.25) is 9.78 Å². The molecule has 3 aromatic carbocycles. The first-order chi connectivity index (χ1) is 18.4. The third-order valence-electron chi connectivity index (χ3n) is 7.28. The minimum absolute atomic E-state index is 0. The number of rotatable bonds is 2. The molecule has 1 aliphatic rings. The quantitative estimate of drug-likeness (QED) is 0.113. The Bertz CT molecular complexity index is 1770. The van der Waals surface area contributed by atoms with E-state index in [0.717, 1.165) is 33.7 Å². The Kier molecular flexibility index (Phi) is 7.95. The normalized spacial score (nSPS) is 13.7. The van der Waals surface area contributed by atoms with Gasteiger partial charge in [-0.1, -0.05) is 82.6 Å². The van der Waals surface area contributed by atoms with Crippen LogP contribution in [0.5, 0.6) is 0 Å². The van der Waals surface area contributed by atoms with Crippen LogP contribution in [-0.2, 0) is 35.7 Å². The maximum Gasteiger partial charge on any atom is 0.155 e. The number of fused-ring (bicyclic) bond motifs is 6. The number of aliphatic hydroxyl groups is 1. The molecule has 0 bridgehead atoms. The molecule has 5 heteroatoms. The second kappa shape index (κ2) is 10.8. The maximum absolute atomic E-state index is 10.0. The molecule has 0 spiro atoms. The van der Waals surface area contributed by atoms with Crippen molar-refractivity contribution in [3.8, 4) is 22.6 Å². The zero-order chi connectivity index (χ0) is 28.1. The van der Waals surface area contributed by atoms with Gasteiger partial charge in [0.1, 0.15) is 11.3 Å². The molecular weight excluding hydrogens is 675 g/mol. The van der Waals surface area contributed by atoms with Gasteiger partial charge in [0.15, 0.2) is 5.78 Å². The predicted molar refractivity (Wildman–Crippen MR) is 159 cm³/mol. The van der Waals surface area contributed by atoms with Gasteiger partial charge in [0.25, 0.3) is 0 Å². The SMILES string of the molecule is CC(=O)/C=C(/C)O.CC(C)(C)c1cc(-c2[c-]ccc3c2C(C)(C)c2c-3oc3ccccc23)nc2ccccc12.[Ir]. The van der Waals surface area contributed by atoms with Gasteiger partial charge in [0, 0.05) is 42.5 Å². The molecule has 0 saturated heterocycles. The van der Waals surface area contributed by atoms with Gasteiger partial charge >= 0.3 is 0 Å². The summed E-state index contributed by atoms with van der Waals surface area (Å²) in [5, 5.41) is 10.8. The Morgan fingerprint density at radius 1 is 0.975 bits per heavy atom. The molecule has 0 fully saturated rings. The molecule has 1 aliphatic carbocycles. The first-order valence-corrected chi connectivity index (χ1v) is 13.3. The van der Waals surface area contributed by atoms with Crippen molar-refractivity contribution in [1.29, 1.82) is 0 Å². The molecule has 2 heterocycles. The summed E-state index contributed by atoms with van der Waals surface area (Å²) in [4.78, 5) is 15.1. The van der Waals surface area contributed by atoms with E-state index in [0.29, 0.717) is 0 Å². The van der Waals surface area contributed by atoms with E-state index in [9.17, 15) is 4.79 Å². The molecule has 0 atom stereocenters. The first-order valence-electron chi connectivity index (χ1n) is 13.3. The molecule has 0 aliphatic heterocycles. The zero-order valence-electron chi connectivity index (χ0n) is 24.0. The summed E-state index contributed by atoms with van der Waals surface area (Å²) < 4.78 is 6.38. The number of para-hydroxylation sites is 2. The number of hydrogen-bond donors (Lipinski definition) is 1.